The highest BCUT2D eigenvalue weighted by atomic mass is 16.7. The summed E-state index contributed by atoms with van der Waals surface area (Å²) in [5, 5.41) is 4.21. The maximum atomic E-state index is 6.10. The van der Waals surface area contributed by atoms with Crippen LogP contribution in [0, 0.1) is 0 Å². The van der Waals surface area contributed by atoms with E-state index in [4.69, 9.17) is 19.8 Å². The van der Waals surface area contributed by atoms with Crippen LogP contribution < -0.4 is 15.9 Å². The summed E-state index contributed by atoms with van der Waals surface area (Å²) in [7, 11) is 1.16. The summed E-state index contributed by atoms with van der Waals surface area (Å²) in [6.45, 7) is 8.11. The molecule has 0 unspecified atom stereocenters. The van der Waals surface area contributed by atoms with Crippen molar-refractivity contribution in [1.29, 1.82) is 0 Å². The molecule has 0 bridgehead atoms. The minimum Gasteiger partial charge on any atom is -0.497 e. The number of ether oxygens (including phenoxy) is 1. The van der Waals surface area contributed by atoms with Gasteiger partial charge in [0.05, 0.1) is 42.1 Å². The van der Waals surface area contributed by atoms with Crippen LogP contribution in [0.1, 0.15) is 27.7 Å². The summed E-state index contributed by atoms with van der Waals surface area (Å²) in [6.07, 6.45) is 3.36. The molecule has 3 rings (SSSR count). The molecule has 6 nitrogen and oxygen atoms in total. The molecular weight excluding hydrogens is 293 g/mol. The minimum atomic E-state index is -0.466. The fourth-order valence-electron chi connectivity index (χ4n) is 2.49. The van der Waals surface area contributed by atoms with Gasteiger partial charge in [-0.15, -0.1) is 0 Å². The van der Waals surface area contributed by atoms with E-state index < -0.39 is 18.3 Å². The van der Waals surface area contributed by atoms with E-state index in [1.54, 1.807) is 24.2 Å². The van der Waals surface area contributed by atoms with Crippen LogP contribution in [0.2, 0.25) is 0 Å². The molecule has 1 fully saturated rings. The normalized spacial score (nSPS) is 19.1. The highest BCUT2D eigenvalue weighted by Crippen LogP contribution is 2.37. The van der Waals surface area contributed by atoms with Crippen LogP contribution >= 0.6 is 0 Å². The van der Waals surface area contributed by atoms with Crippen LogP contribution in [0.25, 0.3) is 5.69 Å². The highest BCUT2D eigenvalue weighted by molar-refractivity contribution is 6.63. The zero-order chi connectivity index (χ0) is 16.8. The van der Waals surface area contributed by atoms with E-state index in [0.717, 1.165) is 11.2 Å². The maximum absolute atomic E-state index is 6.10. The van der Waals surface area contributed by atoms with Crippen LogP contribution in [0.15, 0.2) is 30.6 Å². The summed E-state index contributed by atoms with van der Waals surface area (Å²) >= 11 is 0. The Morgan fingerprint density at radius 1 is 1.17 bits per heavy atom. The largest absolute Gasteiger partial charge is 0.498 e. The molecule has 2 aromatic rings. The summed E-state index contributed by atoms with van der Waals surface area (Å²) in [5.41, 5.74) is 7.27. The summed E-state index contributed by atoms with van der Waals surface area (Å²) < 4.78 is 19.4. The third-order valence-corrected chi connectivity index (χ3v) is 4.59. The molecule has 0 amide bonds. The zero-order valence-corrected chi connectivity index (χ0v) is 14.2. The number of rotatable bonds is 3. The summed E-state index contributed by atoms with van der Waals surface area (Å²) in [4.78, 5) is 0. The number of aromatic nitrogens is 2. The van der Waals surface area contributed by atoms with Gasteiger partial charge < -0.3 is 19.8 Å². The molecule has 0 saturated carbocycles. The lowest BCUT2D eigenvalue weighted by atomic mass is 9.78. The highest BCUT2D eigenvalue weighted by Gasteiger charge is 2.52. The van der Waals surface area contributed by atoms with Crippen molar-refractivity contribution in [2.45, 2.75) is 38.9 Å². The first-order chi connectivity index (χ1) is 10.7. The quantitative estimate of drug-likeness (QED) is 0.874. The van der Waals surface area contributed by atoms with Crippen molar-refractivity contribution in [3.05, 3.63) is 30.6 Å². The van der Waals surface area contributed by atoms with Gasteiger partial charge >= 0.3 is 7.12 Å². The lowest BCUT2D eigenvalue weighted by Gasteiger charge is -2.32. The molecule has 0 spiro atoms. The Morgan fingerprint density at radius 2 is 1.83 bits per heavy atom. The van der Waals surface area contributed by atoms with E-state index in [9.17, 15) is 0 Å². The van der Waals surface area contributed by atoms with E-state index in [1.807, 2.05) is 45.9 Å². The van der Waals surface area contributed by atoms with E-state index in [2.05, 4.69) is 5.10 Å². The Hall–Kier alpha value is -1.99. The second kappa shape index (κ2) is 5.28. The molecule has 1 aromatic carbocycles. The molecule has 0 aliphatic carbocycles. The lowest BCUT2D eigenvalue weighted by Crippen LogP contribution is -2.41. The molecule has 1 aliphatic heterocycles. The van der Waals surface area contributed by atoms with Crippen molar-refractivity contribution in [2.75, 3.05) is 12.8 Å². The average molecular weight is 315 g/mol. The number of benzene rings is 1. The Morgan fingerprint density at radius 3 is 2.35 bits per heavy atom. The van der Waals surface area contributed by atoms with Crippen LogP contribution in [-0.4, -0.2) is 35.2 Å². The number of methoxy groups -OCH3 is 1. The fourth-order valence-corrected chi connectivity index (χ4v) is 2.49. The van der Waals surface area contributed by atoms with Gasteiger partial charge in [-0.05, 0) is 33.8 Å². The van der Waals surface area contributed by atoms with Crippen LogP contribution in [-0.2, 0) is 9.31 Å². The van der Waals surface area contributed by atoms with Gasteiger partial charge in [0.1, 0.15) is 5.75 Å². The first-order valence-corrected chi connectivity index (χ1v) is 7.57. The van der Waals surface area contributed by atoms with Crippen LogP contribution in [0.3, 0.4) is 0 Å². The van der Waals surface area contributed by atoms with Crippen molar-refractivity contribution in [1.82, 2.24) is 9.78 Å². The number of nitrogens with two attached hydrogens (primary N) is 1. The Balaban J connectivity index is 1.95. The molecule has 1 aliphatic rings. The van der Waals surface area contributed by atoms with Crippen molar-refractivity contribution < 1.29 is 14.0 Å². The number of nitrogens with zero attached hydrogens (tertiary/aromatic N) is 2. The molecule has 7 heteroatoms. The number of anilines is 1. The number of hydrogen-bond donors (Lipinski definition) is 1. The number of hydrogen-bond acceptors (Lipinski definition) is 5. The van der Waals surface area contributed by atoms with Gasteiger partial charge in [-0.1, -0.05) is 6.07 Å². The molecule has 1 saturated heterocycles. The smallest absolute Gasteiger partial charge is 0.497 e. The SMILES string of the molecule is COc1cc(-n2cc(N)cn2)ccc1B1OC(C)(C)C(C)(C)O1. The average Bonchev–Trinajstić information content (AvgIpc) is 3.00. The van der Waals surface area contributed by atoms with Gasteiger partial charge in [0.15, 0.2) is 0 Å². The molecular formula is C16H22BN3O3. The molecule has 122 valence electrons. The van der Waals surface area contributed by atoms with Gasteiger partial charge in [-0.3, -0.25) is 0 Å². The van der Waals surface area contributed by atoms with Crippen molar-refractivity contribution >= 4 is 18.3 Å². The Kier molecular flexibility index (Phi) is 3.65. The van der Waals surface area contributed by atoms with E-state index >= 15 is 0 Å². The standard InChI is InChI=1S/C16H22BN3O3/c1-15(2)16(3,4)23-17(22-15)13-7-6-12(8-14(13)21-5)20-10-11(18)9-19-20/h6-10H,18H2,1-5H3. The minimum absolute atomic E-state index is 0.391. The monoisotopic (exact) mass is 315 g/mol. The second-order valence-electron chi connectivity index (χ2n) is 6.73. The first kappa shape index (κ1) is 15.9. The fraction of sp³-hybridized carbons (Fsp3) is 0.438. The Bertz CT molecular complexity index is 711. The first-order valence-electron chi connectivity index (χ1n) is 7.57. The van der Waals surface area contributed by atoms with Crippen LogP contribution in [0.5, 0.6) is 5.75 Å². The van der Waals surface area contributed by atoms with E-state index in [-0.39, 0.29) is 0 Å². The third-order valence-electron chi connectivity index (χ3n) is 4.59. The van der Waals surface area contributed by atoms with Crippen molar-refractivity contribution in [3.8, 4) is 11.4 Å². The maximum Gasteiger partial charge on any atom is 0.498 e. The Labute approximate surface area is 136 Å². The molecule has 2 heterocycles. The van der Waals surface area contributed by atoms with Gasteiger partial charge in [0, 0.05) is 11.5 Å². The van der Waals surface area contributed by atoms with E-state index in [1.165, 1.54) is 0 Å². The van der Waals surface area contributed by atoms with Crippen molar-refractivity contribution in [3.63, 3.8) is 0 Å². The summed E-state index contributed by atoms with van der Waals surface area (Å²) in [5.74, 6) is 0.690. The topological polar surface area (TPSA) is 71.5 Å². The van der Waals surface area contributed by atoms with Gasteiger partial charge in [0.25, 0.3) is 0 Å². The molecule has 1 aromatic heterocycles. The molecule has 2 N–H and O–H groups in total. The molecule has 0 atom stereocenters. The lowest BCUT2D eigenvalue weighted by molar-refractivity contribution is 0.00578. The third kappa shape index (κ3) is 2.70. The molecule has 0 radical (unpaired) electrons. The predicted octanol–water partition coefficient (Wildman–Crippen LogP) is 1.76. The van der Waals surface area contributed by atoms with Gasteiger partial charge in [0.2, 0.25) is 0 Å². The second-order valence-corrected chi connectivity index (χ2v) is 6.73. The van der Waals surface area contributed by atoms with E-state index in [0.29, 0.717) is 11.4 Å². The van der Waals surface area contributed by atoms with Crippen molar-refractivity contribution in [2.24, 2.45) is 0 Å². The molecule has 23 heavy (non-hydrogen) atoms. The van der Waals surface area contributed by atoms with Gasteiger partial charge in [-0.2, -0.15) is 5.10 Å². The van der Waals surface area contributed by atoms with Gasteiger partial charge in [-0.25, -0.2) is 4.68 Å². The van der Waals surface area contributed by atoms with Crippen LogP contribution in [0.4, 0.5) is 5.69 Å². The zero-order valence-electron chi connectivity index (χ0n) is 14.2. The number of nitrogen functional groups attached to an aromatic ring is 1. The summed E-state index contributed by atoms with van der Waals surface area (Å²) in [6, 6.07) is 5.77. The predicted molar refractivity (Wildman–Crippen MR) is 90.2 cm³/mol.